The van der Waals surface area contributed by atoms with Gasteiger partial charge in [0, 0.05) is 6.54 Å². The van der Waals surface area contributed by atoms with Crippen LogP contribution in [-0.2, 0) is 14.8 Å². The number of carboxylic acids is 1. The number of aliphatic hydroxyl groups is 1. The topological polar surface area (TPSA) is 104 Å². The zero-order chi connectivity index (χ0) is 14.6. The van der Waals surface area contributed by atoms with Crippen molar-refractivity contribution in [1.82, 2.24) is 4.72 Å². The third-order valence-corrected chi connectivity index (χ3v) is 4.63. The van der Waals surface area contributed by atoms with Crippen LogP contribution in [0, 0.1) is 0 Å². The Balaban J connectivity index is 2.77. The predicted octanol–water partition coefficient (Wildman–Crippen LogP) is 1.11. The van der Waals surface area contributed by atoms with Crippen molar-refractivity contribution < 1.29 is 23.4 Å². The normalized spacial score (nSPS) is 13.2. The lowest BCUT2D eigenvalue weighted by Gasteiger charge is -2.10. The molecule has 1 aromatic rings. The maximum atomic E-state index is 11.9. The highest BCUT2D eigenvalue weighted by molar-refractivity contribution is 7.89. The average molecular weight is 328 g/mol. The lowest BCUT2D eigenvalue weighted by molar-refractivity contribution is -0.146. The lowest BCUT2D eigenvalue weighted by Crippen LogP contribution is -2.30. The monoisotopic (exact) mass is 327 g/mol. The number of halogens is 2. The number of aliphatic hydroxyl groups excluding tert-OH is 1. The molecular formula is C10H11Cl2NO5S. The van der Waals surface area contributed by atoms with E-state index in [-0.39, 0.29) is 27.9 Å². The summed E-state index contributed by atoms with van der Waals surface area (Å²) in [5.41, 5.74) is 0. The van der Waals surface area contributed by atoms with E-state index in [2.05, 4.69) is 4.72 Å². The molecule has 0 amide bonds. The number of hydrogen-bond donors (Lipinski definition) is 3. The summed E-state index contributed by atoms with van der Waals surface area (Å²) in [5.74, 6) is -1.42. The minimum absolute atomic E-state index is 0.0927. The Morgan fingerprint density at radius 1 is 1.37 bits per heavy atom. The highest BCUT2D eigenvalue weighted by Gasteiger charge is 2.20. The molecule has 0 saturated carbocycles. The van der Waals surface area contributed by atoms with Crippen molar-refractivity contribution >= 4 is 39.2 Å². The first-order valence-corrected chi connectivity index (χ1v) is 7.34. The minimum Gasteiger partial charge on any atom is -0.479 e. The molecule has 1 aromatic carbocycles. The molecule has 9 heteroatoms. The van der Waals surface area contributed by atoms with Crippen LogP contribution in [0.4, 0.5) is 0 Å². The molecule has 0 heterocycles. The summed E-state index contributed by atoms with van der Waals surface area (Å²) >= 11 is 11.5. The van der Waals surface area contributed by atoms with Crippen molar-refractivity contribution in [3.05, 3.63) is 28.2 Å². The number of carbonyl (C=O) groups is 1. The molecule has 0 aliphatic carbocycles. The molecule has 1 rings (SSSR count). The van der Waals surface area contributed by atoms with E-state index in [9.17, 15) is 13.2 Å². The first-order chi connectivity index (χ1) is 8.75. The fraction of sp³-hybridized carbons (Fsp3) is 0.300. The van der Waals surface area contributed by atoms with E-state index in [4.69, 9.17) is 33.4 Å². The molecule has 0 aliphatic rings. The minimum atomic E-state index is -3.91. The maximum Gasteiger partial charge on any atom is 0.332 e. The first kappa shape index (κ1) is 16.2. The van der Waals surface area contributed by atoms with E-state index >= 15 is 0 Å². The van der Waals surface area contributed by atoms with Crippen molar-refractivity contribution in [1.29, 1.82) is 0 Å². The second kappa shape index (κ2) is 6.53. The molecule has 19 heavy (non-hydrogen) atoms. The van der Waals surface area contributed by atoms with Crippen LogP contribution in [0.3, 0.4) is 0 Å². The van der Waals surface area contributed by atoms with Crippen LogP contribution >= 0.6 is 23.2 Å². The Hall–Kier alpha value is -0.860. The van der Waals surface area contributed by atoms with E-state index in [0.717, 1.165) is 0 Å². The number of nitrogens with one attached hydrogen (secondary N) is 1. The van der Waals surface area contributed by atoms with Gasteiger partial charge in [-0.2, -0.15) is 0 Å². The molecule has 0 radical (unpaired) electrons. The molecule has 0 bridgehead atoms. The molecule has 0 aliphatic heterocycles. The quantitative estimate of drug-likeness (QED) is 0.726. The Morgan fingerprint density at radius 3 is 2.58 bits per heavy atom. The molecular weight excluding hydrogens is 317 g/mol. The Morgan fingerprint density at radius 2 is 2.00 bits per heavy atom. The highest BCUT2D eigenvalue weighted by atomic mass is 35.5. The fourth-order valence-electron chi connectivity index (χ4n) is 1.22. The van der Waals surface area contributed by atoms with Gasteiger partial charge in [0.25, 0.3) is 0 Å². The summed E-state index contributed by atoms with van der Waals surface area (Å²) in [6.45, 7) is -0.237. The number of carboxylic acid groups (broad SMARTS) is 1. The molecule has 6 nitrogen and oxygen atoms in total. The number of hydrogen-bond acceptors (Lipinski definition) is 4. The molecule has 106 valence electrons. The van der Waals surface area contributed by atoms with Gasteiger partial charge in [0.2, 0.25) is 10.0 Å². The predicted molar refractivity (Wildman–Crippen MR) is 69.9 cm³/mol. The van der Waals surface area contributed by atoms with Crippen molar-refractivity contribution in [2.24, 2.45) is 0 Å². The molecule has 0 aromatic heterocycles. The van der Waals surface area contributed by atoms with E-state index in [1.165, 1.54) is 18.2 Å². The maximum absolute atomic E-state index is 11.9. The standard InChI is InChI=1S/C10H11Cl2NO5S/c11-6-2-1-3-8(9(6)12)19(17,18)13-5-4-7(14)10(15)16/h1-3,7,13-14H,4-5H2,(H,15,16)/t7-/m0/s1. The summed E-state index contributed by atoms with van der Waals surface area (Å²) in [6, 6.07) is 4.14. The van der Waals surface area contributed by atoms with Gasteiger partial charge in [-0.15, -0.1) is 0 Å². The van der Waals surface area contributed by atoms with Crippen molar-refractivity contribution in [3.8, 4) is 0 Å². The summed E-state index contributed by atoms with van der Waals surface area (Å²) in [5, 5.41) is 17.4. The molecule has 0 saturated heterocycles. The molecule has 3 N–H and O–H groups in total. The van der Waals surface area contributed by atoms with Crippen LogP contribution in [0.5, 0.6) is 0 Å². The van der Waals surface area contributed by atoms with E-state index < -0.39 is 22.1 Å². The zero-order valence-electron chi connectivity index (χ0n) is 9.51. The summed E-state index contributed by atoms with van der Waals surface area (Å²) < 4.78 is 25.9. The smallest absolute Gasteiger partial charge is 0.332 e. The van der Waals surface area contributed by atoms with Crippen LogP contribution in [-0.4, -0.2) is 37.2 Å². The largest absolute Gasteiger partial charge is 0.479 e. The number of sulfonamides is 1. The van der Waals surface area contributed by atoms with Gasteiger partial charge >= 0.3 is 5.97 Å². The number of rotatable bonds is 6. The third-order valence-electron chi connectivity index (χ3n) is 2.20. The van der Waals surface area contributed by atoms with Gasteiger partial charge in [0.15, 0.2) is 6.10 Å². The number of aliphatic carboxylic acids is 1. The highest BCUT2D eigenvalue weighted by Crippen LogP contribution is 2.28. The first-order valence-electron chi connectivity index (χ1n) is 5.10. The molecule has 1 atom stereocenters. The molecule has 0 spiro atoms. The Kier molecular flexibility index (Phi) is 5.57. The van der Waals surface area contributed by atoms with E-state index in [1.54, 1.807) is 0 Å². The zero-order valence-corrected chi connectivity index (χ0v) is 11.8. The van der Waals surface area contributed by atoms with Gasteiger partial charge in [-0.05, 0) is 18.6 Å². The van der Waals surface area contributed by atoms with Gasteiger partial charge in [0.1, 0.15) is 4.90 Å². The summed E-state index contributed by atoms with van der Waals surface area (Å²) in [4.78, 5) is 10.2. The van der Waals surface area contributed by atoms with Crippen LogP contribution in [0.15, 0.2) is 23.1 Å². The van der Waals surface area contributed by atoms with E-state index in [0.29, 0.717) is 0 Å². The van der Waals surface area contributed by atoms with Crippen molar-refractivity contribution in [2.45, 2.75) is 17.4 Å². The summed E-state index contributed by atoms with van der Waals surface area (Å²) in [7, 11) is -3.91. The Labute approximate surface area is 120 Å². The van der Waals surface area contributed by atoms with Crippen LogP contribution in [0.2, 0.25) is 10.0 Å². The Bertz CT molecular complexity index is 575. The number of benzene rings is 1. The average Bonchev–Trinajstić information content (AvgIpc) is 2.31. The van der Waals surface area contributed by atoms with Crippen LogP contribution < -0.4 is 4.72 Å². The summed E-state index contributed by atoms with van der Waals surface area (Å²) in [6.07, 6.45) is -1.88. The second-order valence-electron chi connectivity index (χ2n) is 3.59. The third kappa shape index (κ3) is 4.32. The van der Waals surface area contributed by atoms with Crippen LogP contribution in [0.25, 0.3) is 0 Å². The SMILES string of the molecule is O=C(O)[C@@H](O)CCNS(=O)(=O)c1cccc(Cl)c1Cl. The van der Waals surface area contributed by atoms with Gasteiger partial charge in [-0.3, -0.25) is 0 Å². The lowest BCUT2D eigenvalue weighted by atomic mass is 10.3. The van der Waals surface area contributed by atoms with Gasteiger partial charge < -0.3 is 10.2 Å². The fourth-order valence-corrected chi connectivity index (χ4v) is 3.03. The van der Waals surface area contributed by atoms with Crippen LogP contribution in [0.1, 0.15) is 6.42 Å². The van der Waals surface area contributed by atoms with Gasteiger partial charge in [0.05, 0.1) is 10.0 Å². The van der Waals surface area contributed by atoms with E-state index in [1.807, 2.05) is 0 Å². The van der Waals surface area contributed by atoms with Gasteiger partial charge in [-0.25, -0.2) is 17.9 Å². The van der Waals surface area contributed by atoms with Crippen molar-refractivity contribution in [2.75, 3.05) is 6.54 Å². The molecule has 0 unspecified atom stereocenters. The molecule has 0 fully saturated rings. The van der Waals surface area contributed by atoms with Gasteiger partial charge in [-0.1, -0.05) is 29.3 Å². The van der Waals surface area contributed by atoms with Crippen molar-refractivity contribution in [3.63, 3.8) is 0 Å². The second-order valence-corrected chi connectivity index (χ2v) is 6.11.